The van der Waals surface area contributed by atoms with Gasteiger partial charge in [-0.15, -0.1) is 0 Å². The van der Waals surface area contributed by atoms with Crippen molar-refractivity contribution in [1.82, 2.24) is 0 Å². The van der Waals surface area contributed by atoms with Crippen molar-refractivity contribution >= 4 is 0 Å². The molecule has 0 aliphatic heterocycles. The average molecular weight is 499 g/mol. The molecule has 0 aromatic heterocycles. The minimum atomic E-state index is -0.879. The van der Waals surface area contributed by atoms with E-state index in [1.54, 1.807) is 12.1 Å². The lowest BCUT2D eigenvalue weighted by atomic mass is 9.77. The van der Waals surface area contributed by atoms with Crippen molar-refractivity contribution in [2.75, 3.05) is 6.61 Å². The summed E-state index contributed by atoms with van der Waals surface area (Å²) in [7, 11) is 0. The van der Waals surface area contributed by atoms with Gasteiger partial charge in [-0.05, 0) is 67.2 Å². The second-order valence-corrected chi connectivity index (χ2v) is 10.9. The van der Waals surface area contributed by atoms with Crippen LogP contribution >= 0.6 is 0 Å². The zero-order valence-corrected chi connectivity index (χ0v) is 22.8. The van der Waals surface area contributed by atoms with Gasteiger partial charge in [0, 0.05) is 5.56 Å². The highest BCUT2D eigenvalue weighted by Crippen LogP contribution is 2.39. The summed E-state index contributed by atoms with van der Waals surface area (Å²) in [5.41, 5.74) is 2.36. The number of rotatable bonds is 16. The van der Waals surface area contributed by atoms with E-state index in [0.717, 1.165) is 24.3 Å². The Morgan fingerprint density at radius 3 is 1.94 bits per heavy atom. The molecule has 0 spiro atoms. The van der Waals surface area contributed by atoms with Crippen molar-refractivity contribution < 1.29 is 13.5 Å². The molecule has 2 aromatic rings. The molecule has 0 heterocycles. The van der Waals surface area contributed by atoms with E-state index in [1.165, 1.54) is 95.5 Å². The normalized spacial score (nSPS) is 17.9. The van der Waals surface area contributed by atoms with Crippen molar-refractivity contribution in [1.29, 1.82) is 0 Å². The SMILES string of the molecule is CCCCCCCCOc1ccc(-c2ccc(C3CCC(CCCCCCC)CC3)cc2)c(F)c1F. The minimum absolute atomic E-state index is 0.0172. The van der Waals surface area contributed by atoms with E-state index in [-0.39, 0.29) is 5.75 Å². The van der Waals surface area contributed by atoms with E-state index in [9.17, 15) is 8.78 Å². The van der Waals surface area contributed by atoms with E-state index in [4.69, 9.17) is 4.74 Å². The lowest BCUT2D eigenvalue weighted by molar-refractivity contribution is 0.285. The molecule has 0 saturated heterocycles. The summed E-state index contributed by atoms with van der Waals surface area (Å²) in [6.45, 7) is 4.89. The molecule has 0 amide bonds. The summed E-state index contributed by atoms with van der Waals surface area (Å²) < 4.78 is 35.1. The largest absolute Gasteiger partial charge is 0.490 e. The van der Waals surface area contributed by atoms with Crippen LogP contribution in [0.2, 0.25) is 0 Å². The fourth-order valence-electron chi connectivity index (χ4n) is 5.69. The Bertz CT molecular complexity index is 868. The van der Waals surface area contributed by atoms with Gasteiger partial charge in [-0.1, -0.05) is 109 Å². The molecule has 2 aromatic carbocycles. The second-order valence-electron chi connectivity index (χ2n) is 10.9. The molecule has 0 N–H and O–H groups in total. The first-order chi connectivity index (χ1) is 17.6. The van der Waals surface area contributed by atoms with Crippen LogP contribution in [0.1, 0.15) is 128 Å². The summed E-state index contributed by atoms with van der Waals surface area (Å²) in [6.07, 6.45) is 20.2. The maximum absolute atomic E-state index is 14.9. The molecule has 1 fully saturated rings. The van der Waals surface area contributed by atoms with E-state index in [2.05, 4.69) is 26.0 Å². The van der Waals surface area contributed by atoms with Crippen LogP contribution in [0.5, 0.6) is 5.75 Å². The molecule has 200 valence electrons. The zero-order chi connectivity index (χ0) is 25.6. The van der Waals surface area contributed by atoms with Gasteiger partial charge in [-0.3, -0.25) is 0 Å². The molecule has 3 heteroatoms. The Labute approximate surface area is 219 Å². The summed E-state index contributed by atoms with van der Waals surface area (Å²) in [6, 6.07) is 11.3. The highest BCUT2D eigenvalue weighted by Gasteiger charge is 2.22. The summed E-state index contributed by atoms with van der Waals surface area (Å²) in [5.74, 6) is -0.197. The first-order valence-electron chi connectivity index (χ1n) is 14.8. The monoisotopic (exact) mass is 498 g/mol. The third-order valence-electron chi connectivity index (χ3n) is 8.06. The molecule has 0 bridgehead atoms. The third-order valence-corrected chi connectivity index (χ3v) is 8.06. The van der Waals surface area contributed by atoms with Crippen molar-refractivity contribution in [2.45, 2.75) is 122 Å². The first-order valence-corrected chi connectivity index (χ1v) is 14.8. The van der Waals surface area contributed by atoms with Gasteiger partial charge in [0.2, 0.25) is 5.82 Å². The quantitative estimate of drug-likeness (QED) is 0.209. The van der Waals surface area contributed by atoms with Crippen molar-refractivity contribution in [2.24, 2.45) is 5.92 Å². The van der Waals surface area contributed by atoms with Crippen LogP contribution in [-0.4, -0.2) is 6.61 Å². The van der Waals surface area contributed by atoms with Crippen LogP contribution in [-0.2, 0) is 0 Å². The van der Waals surface area contributed by atoms with Gasteiger partial charge >= 0.3 is 0 Å². The molecule has 1 saturated carbocycles. The van der Waals surface area contributed by atoms with Crippen LogP contribution in [0, 0.1) is 17.6 Å². The van der Waals surface area contributed by atoms with Gasteiger partial charge in [-0.25, -0.2) is 4.39 Å². The van der Waals surface area contributed by atoms with Gasteiger partial charge < -0.3 is 4.74 Å². The lowest BCUT2D eigenvalue weighted by Gasteiger charge is -2.29. The maximum atomic E-state index is 14.9. The second kappa shape index (κ2) is 16.0. The molecule has 1 aliphatic rings. The van der Waals surface area contributed by atoms with Crippen LogP contribution in [0.25, 0.3) is 11.1 Å². The number of halogens is 2. The highest BCUT2D eigenvalue weighted by molar-refractivity contribution is 5.65. The van der Waals surface area contributed by atoms with Crippen LogP contribution in [0.4, 0.5) is 8.78 Å². The van der Waals surface area contributed by atoms with E-state index in [1.807, 2.05) is 12.1 Å². The Morgan fingerprint density at radius 2 is 1.28 bits per heavy atom. The Hall–Kier alpha value is -1.90. The number of ether oxygens (including phenoxy) is 1. The number of unbranched alkanes of at least 4 members (excludes halogenated alkanes) is 9. The number of hydrogen-bond donors (Lipinski definition) is 0. The third kappa shape index (κ3) is 8.89. The molecule has 3 rings (SSSR count). The smallest absolute Gasteiger partial charge is 0.201 e. The average Bonchev–Trinajstić information content (AvgIpc) is 2.91. The first kappa shape index (κ1) is 28.7. The van der Waals surface area contributed by atoms with Crippen LogP contribution in [0.3, 0.4) is 0 Å². The lowest BCUT2D eigenvalue weighted by Crippen LogP contribution is -2.13. The zero-order valence-electron chi connectivity index (χ0n) is 22.8. The molecule has 0 unspecified atom stereocenters. The standard InChI is InChI=1S/C33H48F2O/c1-3-5-7-9-11-13-25-36-31-24-23-30(32(34)33(31)35)29-21-19-28(20-22-29)27-17-15-26(16-18-27)14-12-10-8-6-4-2/h19-24,26-27H,3-18,25H2,1-2H3. The number of hydrogen-bond acceptors (Lipinski definition) is 1. The Morgan fingerprint density at radius 1 is 0.667 bits per heavy atom. The summed E-state index contributed by atoms with van der Waals surface area (Å²) in [5, 5.41) is 0. The topological polar surface area (TPSA) is 9.23 Å². The predicted octanol–water partition coefficient (Wildman–Crippen LogP) is 11.0. The van der Waals surface area contributed by atoms with Gasteiger partial charge in [0.05, 0.1) is 6.61 Å². The maximum Gasteiger partial charge on any atom is 0.201 e. The van der Waals surface area contributed by atoms with E-state index >= 15 is 0 Å². The highest BCUT2D eigenvalue weighted by atomic mass is 19.2. The molecular formula is C33H48F2O. The molecule has 1 aliphatic carbocycles. The fourth-order valence-corrected chi connectivity index (χ4v) is 5.69. The van der Waals surface area contributed by atoms with Gasteiger partial charge in [-0.2, -0.15) is 4.39 Å². The van der Waals surface area contributed by atoms with E-state index in [0.29, 0.717) is 18.1 Å². The fraction of sp³-hybridized carbons (Fsp3) is 0.636. The van der Waals surface area contributed by atoms with E-state index < -0.39 is 11.6 Å². The van der Waals surface area contributed by atoms with Crippen LogP contribution in [0.15, 0.2) is 36.4 Å². The Balaban J connectivity index is 1.47. The van der Waals surface area contributed by atoms with Crippen molar-refractivity contribution in [3.63, 3.8) is 0 Å². The predicted molar refractivity (Wildman–Crippen MR) is 149 cm³/mol. The van der Waals surface area contributed by atoms with Gasteiger partial charge in [0.25, 0.3) is 0 Å². The minimum Gasteiger partial charge on any atom is -0.490 e. The van der Waals surface area contributed by atoms with Crippen molar-refractivity contribution in [3.05, 3.63) is 53.6 Å². The Kier molecular flexibility index (Phi) is 12.8. The van der Waals surface area contributed by atoms with Gasteiger partial charge in [0.1, 0.15) is 0 Å². The molecule has 36 heavy (non-hydrogen) atoms. The number of benzene rings is 2. The summed E-state index contributed by atoms with van der Waals surface area (Å²) in [4.78, 5) is 0. The van der Waals surface area contributed by atoms with Crippen molar-refractivity contribution in [3.8, 4) is 16.9 Å². The molecule has 0 atom stereocenters. The molecule has 1 nitrogen and oxygen atoms in total. The van der Waals surface area contributed by atoms with Crippen LogP contribution < -0.4 is 4.74 Å². The summed E-state index contributed by atoms with van der Waals surface area (Å²) >= 11 is 0. The molecule has 0 radical (unpaired) electrons. The van der Waals surface area contributed by atoms with Gasteiger partial charge in [0.15, 0.2) is 11.6 Å². The molecular weight excluding hydrogens is 450 g/mol.